The van der Waals surface area contributed by atoms with Crippen molar-refractivity contribution in [2.75, 3.05) is 5.32 Å². The average Bonchev–Trinajstić information content (AvgIpc) is 3.04. The van der Waals surface area contributed by atoms with Crippen LogP contribution in [0.5, 0.6) is 0 Å². The molecule has 0 spiro atoms. The quantitative estimate of drug-likeness (QED) is 0.898. The molecule has 2 aliphatic carbocycles. The molecule has 1 aromatic rings. The van der Waals surface area contributed by atoms with Gasteiger partial charge in [0.1, 0.15) is 5.41 Å². The van der Waals surface area contributed by atoms with E-state index in [1.807, 2.05) is 0 Å². The minimum atomic E-state index is -4.57. The summed E-state index contributed by atoms with van der Waals surface area (Å²) in [6.45, 7) is 0. The van der Waals surface area contributed by atoms with E-state index in [9.17, 15) is 22.8 Å². The highest BCUT2D eigenvalue weighted by Gasteiger charge is 2.61. The van der Waals surface area contributed by atoms with Gasteiger partial charge in [-0.3, -0.25) is 9.59 Å². The Hall–Kier alpha value is -1.44. The molecule has 0 unspecified atom stereocenters. The fourth-order valence-electron chi connectivity index (χ4n) is 3.16. The summed E-state index contributed by atoms with van der Waals surface area (Å²) in [4.78, 5) is 28.6. The average molecular weight is 332 g/mol. The van der Waals surface area contributed by atoms with Gasteiger partial charge in [-0.2, -0.15) is 13.2 Å². The van der Waals surface area contributed by atoms with Gasteiger partial charge in [0.2, 0.25) is 5.91 Å². The van der Waals surface area contributed by atoms with Crippen molar-refractivity contribution < 1.29 is 22.8 Å². The van der Waals surface area contributed by atoms with E-state index in [4.69, 9.17) is 0 Å². The number of nitrogens with one attached hydrogen (secondary N) is 1. The zero-order valence-electron chi connectivity index (χ0n) is 11.8. The molecule has 120 valence electrons. The van der Waals surface area contributed by atoms with E-state index < -0.39 is 17.5 Å². The molecule has 0 radical (unpaired) electrons. The molecular weight excluding hydrogens is 317 g/mol. The van der Waals surface area contributed by atoms with Gasteiger partial charge in [-0.25, -0.2) is 4.98 Å². The van der Waals surface area contributed by atoms with Crippen LogP contribution in [0.2, 0.25) is 0 Å². The van der Waals surface area contributed by atoms with Gasteiger partial charge in [0.15, 0.2) is 10.9 Å². The van der Waals surface area contributed by atoms with Crippen LogP contribution in [-0.4, -0.2) is 22.9 Å². The van der Waals surface area contributed by atoms with Crippen molar-refractivity contribution >= 4 is 28.2 Å². The van der Waals surface area contributed by atoms with Crippen LogP contribution in [0.15, 0.2) is 0 Å². The van der Waals surface area contributed by atoms with Gasteiger partial charge in [0.05, 0.1) is 10.6 Å². The van der Waals surface area contributed by atoms with Gasteiger partial charge in [0, 0.05) is 6.42 Å². The number of carbonyl (C=O) groups is 2. The summed E-state index contributed by atoms with van der Waals surface area (Å²) >= 11 is 0.980. The minimum absolute atomic E-state index is 0.0503. The van der Waals surface area contributed by atoms with Crippen molar-refractivity contribution in [1.29, 1.82) is 0 Å². The summed E-state index contributed by atoms with van der Waals surface area (Å²) in [5, 5.41) is 2.40. The maximum Gasteiger partial charge on any atom is 0.403 e. The molecule has 0 aliphatic heterocycles. The maximum absolute atomic E-state index is 13.3. The van der Waals surface area contributed by atoms with Crippen LogP contribution >= 0.6 is 11.3 Å². The Bertz CT molecular complexity index is 618. The summed E-state index contributed by atoms with van der Waals surface area (Å²) in [7, 11) is 0. The first-order valence-electron chi connectivity index (χ1n) is 7.24. The molecule has 0 aromatic carbocycles. The second-order valence-corrected chi connectivity index (χ2v) is 6.81. The van der Waals surface area contributed by atoms with Crippen LogP contribution in [0.3, 0.4) is 0 Å². The third-order valence-electron chi connectivity index (χ3n) is 4.42. The van der Waals surface area contributed by atoms with Crippen molar-refractivity contribution in [2.45, 2.75) is 51.1 Å². The first kappa shape index (κ1) is 15.5. The maximum atomic E-state index is 13.3. The van der Waals surface area contributed by atoms with E-state index in [1.165, 1.54) is 0 Å². The zero-order valence-corrected chi connectivity index (χ0v) is 12.6. The smallest absolute Gasteiger partial charge is 0.301 e. The Balaban J connectivity index is 1.83. The van der Waals surface area contributed by atoms with Gasteiger partial charge >= 0.3 is 6.18 Å². The second-order valence-electron chi connectivity index (χ2n) is 5.81. The first-order valence-corrected chi connectivity index (χ1v) is 8.06. The third kappa shape index (κ3) is 2.43. The van der Waals surface area contributed by atoms with Crippen molar-refractivity contribution in [2.24, 2.45) is 5.41 Å². The number of nitrogens with zero attached hydrogens (tertiary/aromatic N) is 1. The highest BCUT2D eigenvalue weighted by atomic mass is 32.1. The normalized spacial score (nSPS) is 20.8. The predicted molar refractivity (Wildman–Crippen MR) is 75.0 cm³/mol. The van der Waals surface area contributed by atoms with Gasteiger partial charge in [-0.1, -0.05) is 24.2 Å². The molecular formula is C14H15F3N2O2S. The van der Waals surface area contributed by atoms with E-state index in [1.54, 1.807) is 0 Å². The Morgan fingerprint density at radius 1 is 1.18 bits per heavy atom. The molecule has 4 nitrogen and oxygen atoms in total. The second kappa shape index (κ2) is 5.33. The number of carbonyl (C=O) groups excluding carboxylic acids is 2. The van der Waals surface area contributed by atoms with Crippen LogP contribution in [0.4, 0.5) is 18.3 Å². The van der Waals surface area contributed by atoms with Crippen molar-refractivity contribution in [3.05, 3.63) is 10.6 Å². The molecule has 1 amide bonds. The molecule has 22 heavy (non-hydrogen) atoms. The number of thiazole rings is 1. The summed E-state index contributed by atoms with van der Waals surface area (Å²) in [6, 6.07) is 0. The highest BCUT2D eigenvalue weighted by Crippen LogP contribution is 2.51. The number of halogens is 3. The number of ketones is 1. The fourth-order valence-corrected chi connectivity index (χ4v) is 4.13. The number of hydrogen-bond donors (Lipinski definition) is 1. The minimum Gasteiger partial charge on any atom is -0.301 e. The number of rotatable bonds is 2. The van der Waals surface area contributed by atoms with E-state index in [2.05, 4.69) is 10.3 Å². The lowest BCUT2D eigenvalue weighted by Crippen LogP contribution is -2.46. The number of Topliss-reactive ketones (excluding diaryl/α,β-unsaturated/α-hetero) is 1. The van der Waals surface area contributed by atoms with E-state index in [0.29, 0.717) is 42.7 Å². The fraction of sp³-hybridized carbons (Fsp3) is 0.643. The number of aryl methyl sites for hydroxylation is 1. The van der Waals surface area contributed by atoms with E-state index >= 15 is 0 Å². The highest BCUT2D eigenvalue weighted by molar-refractivity contribution is 7.17. The molecule has 3 rings (SSSR count). The third-order valence-corrected chi connectivity index (χ3v) is 5.48. The molecule has 1 aromatic heterocycles. The van der Waals surface area contributed by atoms with Crippen LogP contribution in [0, 0.1) is 5.41 Å². The predicted octanol–water partition coefficient (Wildman–Crippen LogP) is 3.72. The Morgan fingerprint density at radius 3 is 2.45 bits per heavy atom. The standard InChI is InChI=1S/C14H15F3N2O2S/c15-14(16,17)13(6-1-2-7-13)11(21)19-12-18-8-4-3-5-9(20)10(8)22-12/h1-7H2,(H,18,19,21). The Labute approximate surface area is 129 Å². The molecule has 1 saturated carbocycles. The van der Waals surface area contributed by atoms with E-state index in [0.717, 1.165) is 11.3 Å². The Kier molecular flexibility index (Phi) is 3.74. The van der Waals surface area contributed by atoms with Crippen LogP contribution < -0.4 is 5.32 Å². The lowest BCUT2D eigenvalue weighted by atomic mass is 9.84. The summed E-state index contributed by atoms with van der Waals surface area (Å²) in [5.41, 5.74) is -1.73. The number of fused-ring (bicyclic) bond motifs is 1. The molecule has 0 saturated heterocycles. The molecule has 8 heteroatoms. The number of amides is 1. The topological polar surface area (TPSA) is 59.1 Å². The monoisotopic (exact) mass is 332 g/mol. The van der Waals surface area contributed by atoms with Crippen molar-refractivity contribution in [3.8, 4) is 0 Å². The molecule has 1 N–H and O–H groups in total. The number of aromatic nitrogens is 1. The molecule has 0 bridgehead atoms. The van der Waals surface area contributed by atoms with Gasteiger partial charge in [-0.15, -0.1) is 0 Å². The van der Waals surface area contributed by atoms with Crippen molar-refractivity contribution in [3.63, 3.8) is 0 Å². The van der Waals surface area contributed by atoms with Gasteiger partial charge < -0.3 is 5.32 Å². The van der Waals surface area contributed by atoms with E-state index in [-0.39, 0.29) is 23.8 Å². The molecule has 2 aliphatic rings. The number of alkyl halides is 3. The van der Waals surface area contributed by atoms with Crippen LogP contribution in [-0.2, 0) is 11.2 Å². The number of hydrogen-bond acceptors (Lipinski definition) is 4. The molecule has 1 heterocycles. The summed E-state index contributed by atoms with van der Waals surface area (Å²) < 4.78 is 40.0. The molecule has 1 fully saturated rings. The first-order chi connectivity index (χ1) is 10.3. The largest absolute Gasteiger partial charge is 0.403 e. The van der Waals surface area contributed by atoms with Gasteiger partial charge in [0.25, 0.3) is 0 Å². The lowest BCUT2D eigenvalue weighted by molar-refractivity contribution is -0.217. The SMILES string of the molecule is O=C1CCCc2nc(NC(=O)C3(C(F)(F)F)CCCC3)sc21. The van der Waals surface area contributed by atoms with Crippen LogP contribution in [0.1, 0.15) is 53.9 Å². The van der Waals surface area contributed by atoms with Crippen molar-refractivity contribution in [1.82, 2.24) is 4.98 Å². The number of anilines is 1. The summed E-state index contributed by atoms with van der Waals surface area (Å²) in [5.74, 6) is -1.10. The lowest BCUT2D eigenvalue weighted by Gasteiger charge is -2.29. The van der Waals surface area contributed by atoms with Gasteiger partial charge in [-0.05, 0) is 25.7 Å². The molecule has 0 atom stereocenters. The van der Waals surface area contributed by atoms with Crippen LogP contribution in [0.25, 0.3) is 0 Å². The Morgan fingerprint density at radius 2 is 1.86 bits per heavy atom. The summed E-state index contributed by atoms with van der Waals surface area (Å²) in [6.07, 6.45) is -2.43. The zero-order chi connectivity index (χ0) is 16.0.